The van der Waals surface area contributed by atoms with Gasteiger partial charge in [0.25, 0.3) is 5.91 Å². The molecule has 0 spiro atoms. The molecule has 164 valence electrons. The number of hydrogen-bond acceptors (Lipinski definition) is 6. The number of benzene rings is 2. The van der Waals surface area contributed by atoms with Crippen molar-refractivity contribution in [2.75, 3.05) is 14.2 Å². The van der Waals surface area contributed by atoms with Crippen molar-refractivity contribution in [2.45, 2.75) is 12.6 Å². The number of nitrogens with zero attached hydrogens (tertiary/aromatic N) is 5. The second-order valence-electron chi connectivity index (χ2n) is 7.13. The average molecular weight is 432 g/mol. The number of amides is 1. The Morgan fingerprint density at radius 2 is 1.78 bits per heavy atom. The molecule has 2 aromatic carbocycles. The van der Waals surface area contributed by atoms with Gasteiger partial charge < -0.3 is 14.8 Å². The molecule has 0 radical (unpaired) electrons. The standard InChI is InChI=1S/C23H24N6O3/c1-28-21(14-19(27-28)18-13-17(31-2)9-10-22(18)32-3)23(30)26-20(15-29-24-11-12-25-29)16-7-5-4-6-8-16/h4-14,20H,15H2,1-3H3,(H,26,30). The van der Waals surface area contributed by atoms with Crippen LogP contribution in [0.3, 0.4) is 0 Å². The van der Waals surface area contributed by atoms with Gasteiger partial charge in [0.05, 0.1) is 44.9 Å². The van der Waals surface area contributed by atoms with Crippen LogP contribution in [0.15, 0.2) is 67.0 Å². The highest BCUT2D eigenvalue weighted by Crippen LogP contribution is 2.33. The first-order valence-corrected chi connectivity index (χ1v) is 10.1. The summed E-state index contributed by atoms with van der Waals surface area (Å²) in [5.74, 6) is 1.06. The number of carbonyl (C=O) groups excluding carboxylic acids is 1. The summed E-state index contributed by atoms with van der Waals surface area (Å²) in [5, 5.41) is 16.0. The fourth-order valence-electron chi connectivity index (χ4n) is 3.48. The zero-order valence-corrected chi connectivity index (χ0v) is 18.1. The number of methoxy groups -OCH3 is 2. The van der Waals surface area contributed by atoms with Crippen molar-refractivity contribution in [1.82, 2.24) is 30.1 Å². The molecule has 0 saturated carbocycles. The van der Waals surface area contributed by atoms with Crippen molar-refractivity contribution in [3.05, 3.63) is 78.2 Å². The summed E-state index contributed by atoms with van der Waals surface area (Å²) < 4.78 is 12.3. The van der Waals surface area contributed by atoms with Crippen molar-refractivity contribution in [3.8, 4) is 22.8 Å². The first-order chi connectivity index (χ1) is 15.6. The van der Waals surface area contributed by atoms with Gasteiger partial charge in [-0.1, -0.05) is 30.3 Å². The summed E-state index contributed by atoms with van der Waals surface area (Å²) in [6.07, 6.45) is 3.22. The summed E-state index contributed by atoms with van der Waals surface area (Å²) >= 11 is 0. The van der Waals surface area contributed by atoms with E-state index in [1.807, 2.05) is 48.5 Å². The van der Waals surface area contributed by atoms with E-state index in [1.54, 1.807) is 49.2 Å². The summed E-state index contributed by atoms with van der Waals surface area (Å²) in [7, 11) is 4.92. The van der Waals surface area contributed by atoms with Gasteiger partial charge in [0, 0.05) is 12.6 Å². The van der Waals surface area contributed by atoms with Gasteiger partial charge in [-0.25, -0.2) is 0 Å². The Morgan fingerprint density at radius 1 is 1.03 bits per heavy atom. The molecule has 0 aliphatic heterocycles. The average Bonchev–Trinajstić information content (AvgIpc) is 3.48. The van der Waals surface area contributed by atoms with Gasteiger partial charge in [0.15, 0.2) is 0 Å². The molecule has 0 aliphatic rings. The van der Waals surface area contributed by atoms with Crippen molar-refractivity contribution in [2.24, 2.45) is 7.05 Å². The van der Waals surface area contributed by atoms with Gasteiger partial charge in [0.2, 0.25) is 0 Å². The summed E-state index contributed by atoms with van der Waals surface area (Å²) in [6.45, 7) is 0.400. The molecular formula is C23H24N6O3. The number of ether oxygens (including phenoxy) is 2. The molecule has 0 aliphatic carbocycles. The topological polar surface area (TPSA) is 96.1 Å². The Labute approximate surface area is 185 Å². The Balaban J connectivity index is 1.62. The largest absolute Gasteiger partial charge is 0.497 e. The lowest BCUT2D eigenvalue weighted by Gasteiger charge is -2.18. The third kappa shape index (κ3) is 4.46. The van der Waals surface area contributed by atoms with Crippen LogP contribution < -0.4 is 14.8 Å². The van der Waals surface area contributed by atoms with E-state index in [4.69, 9.17) is 9.47 Å². The second-order valence-corrected chi connectivity index (χ2v) is 7.13. The molecule has 1 N–H and O–H groups in total. The van der Waals surface area contributed by atoms with E-state index in [0.29, 0.717) is 29.4 Å². The van der Waals surface area contributed by atoms with Crippen LogP contribution in [-0.2, 0) is 13.6 Å². The van der Waals surface area contributed by atoms with E-state index in [-0.39, 0.29) is 11.9 Å². The molecule has 1 amide bonds. The summed E-state index contributed by atoms with van der Waals surface area (Å²) in [5.41, 5.74) is 2.72. The van der Waals surface area contributed by atoms with Crippen molar-refractivity contribution < 1.29 is 14.3 Å². The van der Waals surface area contributed by atoms with E-state index in [2.05, 4.69) is 20.6 Å². The fourth-order valence-corrected chi connectivity index (χ4v) is 3.48. The summed E-state index contributed by atoms with van der Waals surface area (Å²) in [4.78, 5) is 14.8. The number of rotatable bonds is 8. The van der Waals surface area contributed by atoms with Gasteiger partial charge in [-0.15, -0.1) is 0 Å². The molecule has 1 atom stereocenters. The van der Waals surface area contributed by atoms with Gasteiger partial charge in [0.1, 0.15) is 17.2 Å². The van der Waals surface area contributed by atoms with Crippen LogP contribution in [-0.4, -0.2) is 44.9 Å². The van der Waals surface area contributed by atoms with Crippen LogP contribution in [0.25, 0.3) is 11.3 Å². The molecule has 2 heterocycles. The predicted molar refractivity (Wildman–Crippen MR) is 118 cm³/mol. The SMILES string of the molecule is COc1ccc(OC)c(-c2cc(C(=O)NC(Cn3nccn3)c3ccccc3)n(C)n2)c1. The maximum Gasteiger partial charge on any atom is 0.270 e. The fraction of sp³-hybridized carbons (Fsp3) is 0.217. The minimum absolute atomic E-state index is 0.255. The maximum absolute atomic E-state index is 13.2. The van der Waals surface area contributed by atoms with E-state index in [9.17, 15) is 4.79 Å². The van der Waals surface area contributed by atoms with E-state index in [1.165, 1.54) is 0 Å². The minimum Gasteiger partial charge on any atom is -0.497 e. The highest BCUT2D eigenvalue weighted by Gasteiger charge is 2.21. The monoisotopic (exact) mass is 432 g/mol. The third-order valence-corrected chi connectivity index (χ3v) is 5.11. The normalized spacial score (nSPS) is 11.7. The smallest absolute Gasteiger partial charge is 0.270 e. The molecule has 1 unspecified atom stereocenters. The molecular weight excluding hydrogens is 408 g/mol. The molecule has 4 aromatic rings. The molecule has 0 fully saturated rings. The lowest BCUT2D eigenvalue weighted by atomic mass is 10.1. The Kier molecular flexibility index (Phi) is 6.16. The number of aryl methyl sites for hydroxylation is 1. The Bertz CT molecular complexity index is 1190. The van der Waals surface area contributed by atoms with Crippen LogP contribution in [0.4, 0.5) is 0 Å². The van der Waals surface area contributed by atoms with Gasteiger partial charge in [-0.05, 0) is 29.8 Å². The number of carbonyl (C=O) groups is 1. The molecule has 32 heavy (non-hydrogen) atoms. The second kappa shape index (κ2) is 9.34. The van der Waals surface area contributed by atoms with Gasteiger partial charge >= 0.3 is 0 Å². The zero-order chi connectivity index (χ0) is 22.5. The lowest BCUT2D eigenvalue weighted by molar-refractivity contribution is 0.0921. The molecule has 9 heteroatoms. The quantitative estimate of drug-likeness (QED) is 0.460. The molecule has 0 saturated heterocycles. The predicted octanol–water partition coefficient (Wildman–Crippen LogP) is 2.87. The van der Waals surface area contributed by atoms with Gasteiger partial charge in [-0.3, -0.25) is 9.48 Å². The molecule has 4 rings (SSSR count). The van der Waals surface area contributed by atoms with Crippen LogP contribution in [0, 0.1) is 0 Å². The van der Waals surface area contributed by atoms with Crippen molar-refractivity contribution in [1.29, 1.82) is 0 Å². The van der Waals surface area contributed by atoms with Crippen LogP contribution in [0.1, 0.15) is 22.1 Å². The third-order valence-electron chi connectivity index (χ3n) is 5.11. The first-order valence-electron chi connectivity index (χ1n) is 10.1. The molecule has 2 aromatic heterocycles. The number of hydrogen-bond donors (Lipinski definition) is 1. The number of nitrogens with one attached hydrogen (secondary N) is 1. The molecule has 9 nitrogen and oxygen atoms in total. The van der Waals surface area contributed by atoms with Crippen LogP contribution in [0.2, 0.25) is 0 Å². The van der Waals surface area contributed by atoms with E-state index in [0.717, 1.165) is 11.1 Å². The lowest BCUT2D eigenvalue weighted by Crippen LogP contribution is -2.33. The zero-order valence-electron chi connectivity index (χ0n) is 18.1. The maximum atomic E-state index is 13.2. The van der Waals surface area contributed by atoms with Crippen molar-refractivity contribution in [3.63, 3.8) is 0 Å². The van der Waals surface area contributed by atoms with E-state index >= 15 is 0 Å². The minimum atomic E-state index is -0.319. The number of aromatic nitrogens is 5. The Morgan fingerprint density at radius 3 is 2.47 bits per heavy atom. The van der Waals surface area contributed by atoms with E-state index < -0.39 is 0 Å². The molecule has 0 bridgehead atoms. The highest BCUT2D eigenvalue weighted by molar-refractivity contribution is 5.94. The first kappa shape index (κ1) is 21.1. The van der Waals surface area contributed by atoms with Gasteiger partial charge in [-0.2, -0.15) is 20.1 Å². The summed E-state index contributed by atoms with van der Waals surface area (Å²) in [6, 6.07) is 16.6. The van der Waals surface area contributed by atoms with Crippen LogP contribution in [0.5, 0.6) is 11.5 Å². The Hall–Kier alpha value is -4.14. The van der Waals surface area contributed by atoms with Crippen molar-refractivity contribution >= 4 is 5.91 Å². The highest BCUT2D eigenvalue weighted by atomic mass is 16.5. The van der Waals surface area contributed by atoms with Crippen LogP contribution >= 0.6 is 0 Å².